The number of carbonyl (C=O) groups is 4. The third-order valence-electron chi connectivity index (χ3n) is 4.13. The highest BCUT2D eigenvalue weighted by Crippen LogP contribution is 2.18. The average molecular weight is 402 g/mol. The summed E-state index contributed by atoms with van der Waals surface area (Å²) in [5.41, 5.74) is 0.751. The van der Waals surface area contributed by atoms with Gasteiger partial charge in [-0.3, -0.25) is 19.4 Å². The van der Waals surface area contributed by atoms with E-state index in [1.54, 1.807) is 38.1 Å². The fraction of sp³-hybridized carbons (Fsp3) is 0.350. The van der Waals surface area contributed by atoms with Gasteiger partial charge in [-0.2, -0.15) is 0 Å². The van der Waals surface area contributed by atoms with Crippen LogP contribution < -0.4 is 5.32 Å². The first-order chi connectivity index (χ1) is 13.9. The number of aromatic nitrogens is 1. The van der Waals surface area contributed by atoms with Gasteiger partial charge >= 0.3 is 17.9 Å². The highest BCUT2D eigenvalue weighted by Gasteiger charge is 2.38. The van der Waals surface area contributed by atoms with E-state index in [2.05, 4.69) is 10.3 Å². The van der Waals surface area contributed by atoms with E-state index in [-0.39, 0.29) is 18.8 Å². The summed E-state index contributed by atoms with van der Waals surface area (Å²) in [7, 11) is 0. The Morgan fingerprint density at radius 3 is 2.41 bits per heavy atom. The van der Waals surface area contributed by atoms with Crippen LogP contribution in [0.2, 0.25) is 0 Å². The van der Waals surface area contributed by atoms with Crippen molar-refractivity contribution in [2.45, 2.75) is 26.3 Å². The number of fused-ring (bicyclic) bond motifs is 1. The molecule has 0 saturated heterocycles. The van der Waals surface area contributed by atoms with Crippen molar-refractivity contribution in [3.05, 3.63) is 42.1 Å². The zero-order valence-electron chi connectivity index (χ0n) is 16.1. The minimum Gasteiger partial charge on any atom is -0.480 e. The van der Waals surface area contributed by atoms with Gasteiger partial charge in [0.15, 0.2) is 0 Å². The lowest BCUT2D eigenvalue weighted by Crippen LogP contribution is -2.49. The van der Waals surface area contributed by atoms with Crippen LogP contribution in [0.4, 0.5) is 0 Å². The monoisotopic (exact) mass is 402 g/mol. The quantitative estimate of drug-likeness (QED) is 0.604. The number of esters is 2. The predicted octanol–water partition coefficient (Wildman–Crippen LogP) is 1.55. The van der Waals surface area contributed by atoms with Gasteiger partial charge in [-0.05, 0) is 26.0 Å². The second-order valence-electron chi connectivity index (χ2n) is 6.03. The van der Waals surface area contributed by atoms with Gasteiger partial charge in [-0.1, -0.05) is 18.2 Å². The molecule has 0 spiro atoms. The van der Waals surface area contributed by atoms with Gasteiger partial charge in [-0.15, -0.1) is 0 Å². The zero-order valence-corrected chi connectivity index (χ0v) is 16.1. The van der Waals surface area contributed by atoms with Crippen molar-refractivity contribution < 1.29 is 33.8 Å². The summed E-state index contributed by atoms with van der Waals surface area (Å²) in [6.45, 7) is 3.20. The molecule has 2 aromatic rings. The molecule has 0 aliphatic heterocycles. The summed E-state index contributed by atoms with van der Waals surface area (Å²) in [6, 6.07) is 6.63. The normalized spacial score (nSPS) is 12.6. The largest absolute Gasteiger partial charge is 0.480 e. The zero-order chi connectivity index (χ0) is 21.4. The number of pyridine rings is 1. The molecule has 0 radical (unpaired) electrons. The van der Waals surface area contributed by atoms with Crippen molar-refractivity contribution in [2.24, 2.45) is 5.92 Å². The van der Waals surface area contributed by atoms with Gasteiger partial charge in [0.2, 0.25) is 0 Å². The lowest BCUT2D eigenvalue weighted by Gasteiger charge is -2.23. The summed E-state index contributed by atoms with van der Waals surface area (Å²) in [5.74, 6) is -5.30. The Morgan fingerprint density at radius 2 is 1.76 bits per heavy atom. The van der Waals surface area contributed by atoms with E-state index in [1.807, 2.05) is 0 Å². The molecule has 9 nitrogen and oxygen atoms in total. The van der Waals surface area contributed by atoms with E-state index >= 15 is 0 Å². The predicted molar refractivity (Wildman–Crippen MR) is 102 cm³/mol. The summed E-state index contributed by atoms with van der Waals surface area (Å²) in [6.07, 6.45) is 0.884. The Balaban J connectivity index is 2.33. The number of benzene rings is 1. The molecule has 0 aliphatic rings. The number of amides is 1. The molecule has 9 heteroatoms. The van der Waals surface area contributed by atoms with Crippen LogP contribution in [-0.2, 0) is 23.9 Å². The number of nitrogens with one attached hydrogen (secondary N) is 1. The molecule has 0 saturated carbocycles. The van der Waals surface area contributed by atoms with Crippen molar-refractivity contribution in [3.63, 3.8) is 0 Å². The van der Waals surface area contributed by atoms with E-state index in [0.717, 1.165) is 0 Å². The lowest BCUT2D eigenvalue weighted by molar-refractivity contribution is -0.159. The van der Waals surface area contributed by atoms with Gasteiger partial charge in [0, 0.05) is 11.6 Å². The summed E-state index contributed by atoms with van der Waals surface area (Å²) >= 11 is 0. The second-order valence-corrected chi connectivity index (χ2v) is 6.03. The number of rotatable bonds is 9. The first kappa shape index (κ1) is 21.8. The van der Waals surface area contributed by atoms with Gasteiger partial charge in [-0.25, -0.2) is 4.79 Å². The number of nitrogens with zero attached hydrogens (tertiary/aromatic N) is 1. The van der Waals surface area contributed by atoms with Gasteiger partial charge < -0.3 is 19.9 Å². The Bertz CT molecular complexity index is 907. The molecule has 1 aromatic heterocycles. The summed E-state index contributed by atoms with van der Waals surface area (Å²) in [5, 5.41) is 12.5. The molecule has 1 amide bonds. The van der Waals surface area contributed by atoms with Crippen LogP contribution in [0.1, 0.15) is 30.6 Å². The van der Waals surface area contributed by atoms with Crippen molar-refractivity contribution in [1.29, 1.82) is 0 Å². The van der Waals surface area contributed by atoms with Crippen LogP contribution in [0.3, 0.4) is 0 Å². The molecule has 2 N–H and O–H groups in total. The first-order valence-corrected chi connectivity index (χ1v) is 9.08. The Morgan fingerprint density at radius 1 is 1.07 bits per heavy atom. The molecule has 0 fully saturated rings. The minimum absolute atomic E-state index is 0.00651. The third kappa shape index (κ3) is 5.50. The molecule has 1 heterocycles. The molecule has 0 bridgehead atoms. The minimum atomic E-state index is -1.68. The first-order valence-electron chi connectivity index (χ1n) is 9.08. The standard InChI is InChI=1S/C20H22N2O7/c1-3-28-16(23)11-14(20(27)29-4-2)17(19(25)26)22-18(24)13-9-10-21-15-8-6-5-7-12(13)15/h5-10,14,17H,3-4,11H2,1-2H3,(H,22,24)(H,25,26)/t14-,17+/m1/s1. The third-order valence-corrected chi connectivity index (χ3v) is 4.13. The van der Waals surface area contributed by atoms with Crippen molar-refractivity contribution >= 4 is 34.7 Å². The topological polar surface area (TPSA) is 132 Å². The number of aliphatic carboxylic acids is 1. The van der Waals surface area contributed by atoms with Crippen LogP contribution in [0, 0.1) is 5.92 Å². The number of carbonyl (C=O) groups excluding carboxylic acids is 3. The Kier molecular flexibility index (Phi) is 7.64. The molecule has 1 aromatic carbocycles. The van der Waals surface area contributed by atoms with E-state index in [9.17, 15) is 24.3 Å². The van der Waals surface area contributed by atoms with Crippen molar-refractivity contribution in [3.8, 4) is 0 Å². The van der Waals surface area contributed by atoms with Gasteiger partial charge in [0.25, 0.3) is 5.91 Å². The van der Waals surface area contributed by atoms with Crippen LogP contribution in [-0.4, -0.2) is 53.2 Å². The number of hydrogen-bond donors (Lipinski definition) is 2. The van der Waals surface area contributed by atoms with Crippen LogP contribution >= 0.6 is 0 Å². The maximum atomic E-state index is 12.8. The van der Waals surface area contributed by atoms with Crippen LogP contribution in [0.25, 0.3) is 10.9 Å². The molecule has 29 heavy (non-hydrogen) atoms. The molecule has 154 valence electrons. The van der Waals surface area contributed by atoms with Crippen LogP contribution in [0.15, 0.2) is 36.5 Å². The number of para-hydroxylation sites is 1. The number of carboxylic acid groups (broad SMARTS) is 1. The summed E-state index contributed by atoms with van der Waals surface area (Å²) in [4.78, 5) is 53.0. The molecule has 0 aliphatic carbocycles. The second kappa shape index (κ2) is 10.2. The Labute approximate surface area is 167 Å². The molecule has 0 unspecified atom stereocenters. The fourth-order valence-corrected chi connectivity index (χ4v) is 2.83. The molecular weight excluding hydrogens is 380 g/mol. The molecular formula is C20H22N2O7. The maximum absolute atomic E-state index is 12.8. The van der Waals surface area contributed by atoms with Crippen molar-refractivity contribution in [2.75, 3.05) is 13.2 Å². The molecule has 2 rings (SSSR count). The highest BCUT2D eigenvalue weighted by molar-refractivity contribution is 6.07. The summed E-state index contributed by atoms with van der Waals surface area (Å²) < 4.78 is 9.72. The fourth-order valence-electron chi connectivity index (χ4n) is 2.83. The van der Waals surface area contributed by atoms with Crippen LogP contribution in [0.5, 0.6) is 0 Å². The van der Waals surface area contributed by atoms with Crippen molar-refractivity contribution in [1.82, 2.24) is 10.3 Å². The Hall–Kier alpha value is -3.49. The van der Waals surface area contributed by atoms with Gasteiger partial charge in [0.1, 0.15) is 6.04 Å². The lowest BCUT2D eigenvalue weighted by atomic mass is 9.95. The number of hydrogen-bond acceptors (Lipinski definition) is 7. The van der Waals surface area contributed by atoms with E-state index in [4.69, 9.17) is 9.47 Å². The van der Waals surface area contributed by atoms with Gasteiger partial charge in [0.05, 0.1) is 36.6 Å². The van der Waals surface area contributed by atoms with E-state index in [0.29, 0.717) is 10.9 Å². The average Bonchev–Trinajstić information content (AvgIpc) is 2.70. The number of ether oxygens (including phenoxy) is 2. The molecule has 2 atom stereocenters. The van der Waals surface area contributed by atoms with E-state index in [1.165, 1.54) is 12.3 Å². The highest BCUT2D eigenvalue weighted by atomic mass is 16.5. The SMILES string of the molecule is CCOC(=O)C[C@@H](C(=O)OCC)[C@H](NC(=O)c1ccnc2ccccc12)C(=O)O. The maximum Gasteiger partial charge on any atom is 0.327 e. The number of carboxylic acids is 1. The van der Waals surface area contributed by atoms with E-state index < -0.39 is 42.2 Å². The smallest absolute Gasteiger partial charge is 0.327 e.